The highest BCUT2D eigenvalue weighted by atomic mass is 79.9. The molecule has 4 heteroatoms. The molecule has 0 aliphatic carbocycles. The third-order valence-electron chi connectivity index (χ3n) is 2.75. The van der Waals surface area contributed by atoms with E-state index in [1.54, 1.807) is 12.1 Å². The summed E-state index contributed by atoms with van der Waals surface area (Å²) in [4.78, 5) is 0. The Balaban J connectivity index is 2.42. The van der Waals surface area contributed by atoms with Crippen molar-refractivity contribution in [1.29, 1.82) is 0 Å². The van der Waals surface area contributed by atoms with E-state index in [0.29, 0.717) is 4.47 Å². The van der Waals surface area contributed by atoms with Crippen LogP contribution in [0.1, 0.15) is 17.2 Å². The lowest BCUT2D eigenvalue weighted by atomic mass is 9.99. The highest BCUT2D eigenvalue weighted by Gasteiger charge is 2.13. The van der Waals surface area contributed by atoms with Crippen LogP contribution < -0.4 is 5.32 Å². The minimum Gasteiger partial charge on any atom is -0.309 e. The van der Waals surface area contributed by atoms with Crippen molar-refractivity contribution in [3.63, 3.8) is 0 Å². The third-order valence-corrected chi connectivity index (χ3v) is 3.85. The van der Waals surface area contributed by atoms with E-state index >= 15 is 0 Å². The number of rotatable bonds is 3. The molecule has 18 heavy (non-hydrogen) atoms. The molecule has 0 aliphatic rings. The molecule has 0 amide bonds. The van der Waals surface area contributed by atoms with Gasteiger partial charge in [0.25, 0.3) is 0 Å². The first-order valence-corrected chi connectivity index (χ1v) is 7.08. The van der Waals surface area contributed by atoms with Crippen molar-refractivity contribution in [3.05, 3.63) is 68.4 Å². The molecule has 1 N–H and O–H groups in total. The van der Waals surface area contributed by atoms with Crippen molar-refractivity contribution in [2.24, 2.45) is 0 Å². The van der Waals surface area contributed by atoms with Gasteiger partial charge in [-0.1, -0.05) is 34.1 Å². The Kier molecular flexibility index (Phi) is 4.54. The molecule has 0 heterocycles. The molecule has 0 saturated heterocycles. The van der Waals surface area contributed by atoms with E-state index in [1.807, 2.05) is 25.2 Å². The van der Waals surface area contributed by atoms with Gasteiger partial charge in [0.05, 0.1) is 10.5 Å². The highest BCUT2D eigenvalue weighted by Crippen LogP contribution is 2.27. The van der Waals surface area contributed by atoms with Crippen LogP contribution >= 0.6 is 31.9 Å². The van der Waals surface area contributed by atoms with E-state index in [4.69, 9.17) is 0 Å². The van der Waals surface area contributed by atoms with Crippen molar-refractivity contribution in [2.45, 2.75) is 6.04 Å². The van der Waals surface area contributed by atoms with Gasteiger partial charge in [0.2, 0.25) is 0 Å². The van der Waals surface area contributed by atoms with Crippen LogP contribution in [-0.4, -0.2) is 7.05 Å². The van der Waals surface area contributed by atoms with Gasteiger partial charge in [-0.25, -0.2) is 4.39 Å². The molecule has 2 aromatic carbocycles. The molecule has 94 valence electrons. The van der Waals surface area contributed by atoms with E-state index in [9.17, 15) is 4.39 Å². The summed E-state index contributed by atoms with van der Waals surface area (Å²) in [5, 5.41) is 3.24. The normalized spacial score (nSPS) is 12.4. The summed E-state index contributed by atoms with van der Waals surface area (Å²) in [7, 11) is 1.89. The number of hydrogen-bond acceptors (Lipinski definition) is 1. The average molecular weight is 373 g/mol. The van der Waals surface area contributed by atoms with Gasteiger partial charge in [-0.05, 0) is 58.4 Å². The third kappa shape index (κ3) is 2.99. The van der Waals surface area contributed by atoms with Crippen LogP contribution in [-0.2, 0) is 0 Å². The van der Waals surface area contributed by atoms with Crippen LogP contribution in [0.4, 0.5) is 4.39 Å². The molecule has 0 spiro atoms. The average Bonchev–Trinajstić information content (AvgIpc) is 2.35. The Morgan fingerprint density at radius 3 is 2.39 bits per heavy atom. The smallest absolute Gasteiger partial charge is 0.137 e. The van der Waals surface area contributed by atoms with Gasteiger partial charge in [0, 0.05) is 4.47 Å². The summed E-state index contributed by atoms with van der Waals surface area (Å²) in [5.41, 5.74) is 2.15. The highest BCUT2D eigenvalue weighted by molar-refractivity contribution is 9.10. The van der Waals surface area contributed by atoms with E-state index in [-0.39, 0.29) is 11.9 Å². The van der Waals surface area contributed by atoms with Crippen LogP contribution in [0.3, 0.4) is 0 Å². The topological polar surface area (TPSA) is 12.0 Å². The van der Waals surface area contributed by atoms with Gasteiger partial charge >= 0.3 is 0 Å². The van der Waals surface area contributed by atoms with Gasteiger partial charge in [-0.15, -0.1) is 0 Å². The largest absolute Gasteiger partial charge is 0.309 e. The number of halogens is 3. The Bertz CT molecular complexity index is 557. The van der Waals surface area contributed by atoms with Crippen molar-refractivity contribution >= 4 is 31.9 Å². The fourth-order valence-electron chi connectivity index (χ4n) is 1.90. The molecule has 0 radical (unpaired) electrons. The summed E-state index contributed by atoms with van der Waals surface area (Å²) in [6.45, 7) is 0. The van der Waals surface area contributed by atoms with Gasteiger partial charge < -0.3 is 5.32 Å². The second-order valence-corrected chi connectivity index (χ2v) is 5.72. The molecule has 0 bridgehead atoms. The Labute approximate surface area is 123 Å². The fourth-order valence-corrected chi connectivity index (χ4v) is 2.72. The minimum atomic E-state index is -0.247. The van der Waals surface area contributed by atoms with Crippen LogP contribution in [0, 0.1) is 5.82 Å². The summed E-state index contributed by atoms with van der Waals surface area (Å²) in [5.74, 6) is -0.247. The van der Waals surface area contributed by atoms with Gasteiger partial charge in [-0.2, -0.15) is 0 Å². The second kappa shape index (κ2) is 5.95. The molecule has 1 nitrogen and oxygen atoms in total. The van der Waals surface area contributed by atoms with E-state index < -0.39 is 0 Å². The van der Waals surface area contributed by atoms with Crippen molar-refractivity contribution < 1.29 is 4.39 Å². The zero-order valence-electron chi connectivity index (χ0n) is 9.75. The lowest BCUT2D eigenvalue weighted by Gasteiger charge is -2.18. The van der Waals surface area contributed by atoms with Crippen LogP contribution in [0.25, 0.3) is 0 Å². The lowest BCUT2D eigenvalue weighted by Crippen LogP contribution is -2.17. The maximum Gasteiger partial charge on any atom is 0.137 e. The molecule has 0 aliphatic heterocycles. The van der Waals surface area contributed by atoms with Crippen LogP contribution in [0.15, 0.2) is 51.4 Å². The molecule has 0 saturated carbocycles. The van der Waals surface area contributed by atoms with Crippen molar-refractivity contribution in [1.82, 2.24) is 5.32 Å². The van der Waals surface area contributed by atoms with Gasteiger partial charge in [-0.3, -0.25) is 0 Å². The SMILES string of the molecule is CNC(c1cccc(Br)c1)c1ccc(F)c(Br)c1. The predicted molar refractivity (Wildman–Crippen MR) is 79.1 cm³/mol. The number of hydrogen-bond donors (Lipinski definition) is 1. The molecule has 0 aromatic heterocycles. The Morgan fingerprint density at radius 1 is 1.06 bits per heavy atom. The zero-order valence-corrected chi connectivity index (χ0v) is 12.9. The molecule has 1 unspecified atom stereocenters. The van der Waals surface area contributed by atoms with E-state index in [1.165, 1.54) is 6.07 Å². The molecule has 1 atom stereocenters. The summed E-state index contributed by atoms with van der Waals surface area (Å²) in [6.07, 6.45) is 0. The van der Waals surface area contributed by atoms with Crippen molar-refractivity contribution in [2.75, 3.05) is 7.05 Å². The minimum absolute atomic E-state index is 0.0411. The maximum absolute atomic E-state index is 13.3. The molecular weight excluding hydrogens is 361 g/mol. The molecular formula is C14H12Br2FN. The first-order valence-electron chi connectivity index (χ1n) is 5.49. The monoisotopic (exact) mass is 371 g/mol. The standard InChI is InChI=1S/C14H12Br2FN/c1-18-14(9-3-2-4-11(15)7-9)10-5-6-13(17)12(16)8-10/h2-8,14,18H,1H3. The lowest BCUT2D eigenvalue weighted by molar-refractivity contribution is 0.616. The quantitative estimate of drug-likeness (QED) is 0.826. The van der Waals surface area contributed by atoms with Gasteiger partial charge in [0.1, 0.15) is 5.82 Å². The van der Waals surface area contributed by atoms with Gasteiger partial charge in [0.15, 0.2) is 0 Å². The molecule has 2 aromatic rings. The first kappa shape index (κ1) is 13.7. The summed E-state index contributed by atoms with van der Waals surface area (Å²) < 4.78 is 14.8. The number of benzene rings is 2. The molecule has 2 rings (SSSR count). The first-order chi connectivity index (χ1) is 8.61. The maximum atomic E-state index is 13.3. The second-order valence-electron chi connectivity index (χ2n) is 3.95. The Morgan fingerprint density at radius 2 is 1.78 bits per heavy atom. The van der Waals surface area contributed by atoms with Crippen molar-refractivity contribution in [3.8, 4) is 0 Å². The molecule has 0 fully saturated rings. The number of nitrogens with one attached hydrogen (secondary N) is 1. The summed E-state index contributed by atoms with van der Waals surface area (Å²) in [6, 6.07) is 13.2. The van der Waals surface area contributed by atoms with Crippen LogP contribution in [0.2, 0.25) is 0 Å². The predicted octanol–water partition coefficient (Wildman–Crippen LogP) is 4.66. The zero-order chi connectivity index (χ0) is 13.1. The summed E-state index contributed by atoms with van der Waals surface area (Å²) >= 11 is 6.68. The van der Waals surface area contributed by atoms with Crippen LogP contribution in [0.5, 0.6) is 0 Å². The fraction of sp³-hybridized carbons (Fsp3) is 0.143. The Hall–Kier alpha value is -0.710. The van der Waals surface area contributed by atoms with E-state index in [0.717, 1.165) is 15.6 Å². The van der Waals surface area contributed by atoms with E-state index in [2.05, 4.69) is 43.2 Å².